The van der Waals surface area contributed by atoms with Crippen LogP contribution < -0.4 is 0 Å². The maximum Gasteiger partial charge on any atom is 0.266 e. The van der Waals surface area contributed by atoms with Gasteiger partial charge < -0.3 is 19.4 Å². The summed E-state index contributed by atoms with van der Waals surface area (Å²) in [7, 11) is 0. The molecule has 0 bridgehead atoms. The van der Waals surface area contributed by atoms with Crippen molar-refractivity contribution in [2.75, 3.05) is 0 Å². The zero-order valence-corrected chi connectivity index (χ0v) is 8.56. The van der Waals surface area contributed by atoms with Crippen molar-refractivity contribution in [2.45, 2.75) is 13.5 Å². The predicted octanol–water partition coefficient (Wildman–Crippen LogP) is 1.50. The molecule has 5 heteroatoms. The lowest BCUT2D eigenvalue weighted by Crippen LogP contribution is -1.98. The number of hydrogen-bond donors (Lipinski definition) is 2. The summed E-state index contributed by atoms with van der Waals surface area (Å²) in [4.78, 5) is 11.4. The van der Waals surface area contributed by atoms with Crippen LogP contribution in [0.2, 0.25) is 0 Å². The molecule has 0 unspecified atom stereocenters. The molecule has 16 heavy (non-hydrogen) atoms. The summed E-state index contributed by atoms with van der Waals surface area (Å²) < 4.78 is 10.2. The quantitative estimate of drug-likeness (QED) is 0.741. The Balaban J connectivity index is 2.24. The topological polar surface area (TPSA) is 79.9 Å². The van der Waals surface area contributed by atoms with E-state index < -0.39 is 5.78 Å². The average molecular weight is 222 g/mol. The van der Waals surface area contributed by atoms with E-state index in [0.29, 0.717) is 11.5 Å². The molecule has 0 radical (unpaired) electrons. The first-order valence-corrected chi connectivity index (χ1v) is 4.65. The molecule has 0 amide bonds. The number of aliphatic hydroxyl groups is 2. The SMILES string of the molecule is CC1=C(O)C(=O)C(=Cc2ccc(CO)o2)O1. The number of Topliss-reactive ketones (excluding diaryl/α,β-unsaturated/α-hetero) is 1. The molecule has 2 rings (SSSR count). The maximum atomic E-state index is 11.4. The number of aliphatic hydroxyl groups excluding tert-OH is 2. The second kappa shape index (κ2) is 3.86. The largest absolute Gasteiger partial charge is 0.502 e. The molecule has 0 saturated carbocycles. The fourth-order valence-corrected chi connectivity index (χ4v) is 1.32. The van der Waals surface area contributed by atoms with E-state index >= 15 is 0 Å². The zero-order chi connectivity index (χ0) is 11.7. The van der Waals surface area contributed by atoms with Crippen LogP contribution >= 0.6 is 0 Å². The summed E-state index contributed by atoms with van der Waals surface area (Å²) in [6.45, 7) is 1.29. The Kier molecular flexibility index (Phi) is 2.54. The van der Waals surface area contributed by atoms with E-state index in [1.165, 1.54) is 13.0 Å². The summed E-state index contributed by atoms with van der Waals surface area (Å²) in [5.41, 5.74) is 0. The monoisotopic (exact) mass is 222 g/mol. The highest BCUT2D eigenvalue weighted by Gasteiger charge is 2.27. The van der Waals surface area contributed by atoms with Crippen molar-refractivity contribution in [3.63, 3.8) is 0 Å². The minimum atomic E-state index is -0.570. The van der Waals surface area contributed by atoms with E-state index in [2.05, 4.69) is 0 Å². The molecule has 0 aromatic carbocycles. The highest BCUT2D eigenvalue weighted by molar-refractivity contribution is 6.09. The number of allylic oxidation sites excluding steroid dienone is 1. The number of hydrogen-bond acceptors (Lipinski definition) is 5. The van der Waals surface area contributed by atoms with Gasteiger partial charge in [-0.05, 0) is 19.1 Å². The number of ether oxygens (including phenoxy) is 1. The highest BCUT2D eigenvalue weighted by Crippen LogP contribution is 2.24. The molecule has 0 aliphatic carbocycles. The van der Waals surface area contributed by atoms with Gasteiger partial charge in [0.15, 0.2) is 5.76 Å². The molecule has 0 saturated heterocycles. The van der Waals surface area contributed by atoms with Gasteiger partial charge in [0.1, 0.15) is 23.9 Å². The van der Waals surface area contributed by atoms with Crippen LogP contribution in [0.15, 0.2) is 33.8 Å². The van der Waals surface area contributed by atoms with Gasteiger partial charge in [0.2, 0.25) is 5.76 Å². The minimum absolute atomic E-state index is 0.00818. The van der Waals surface area contributed by atoms with Gasteiger partial charge in [-0.2, -0.15) is 0 Å². The summed E-state index contributed by atoms with van der Waals surface area (Å²) in [5, 5.41) is 18.0. The highest BCUT2D eigenvalue weighted by atomic mass is 16.5. The van der Waals surface area contributed by atoms with Crippen molar-refractivity contribution in [1.82, 2.24) is 0 Å². The third-order valence-electron chi connectivity index (χ3n) is 2.15. The Hall–Kier alpha value is -2.01. The number of rotatable bonds is 2. The second-order valence-corrected chi connectivity index (χ2v) is 3.31. The second-order valence-electron chi connectivity index (χ2n) is 3.31. The third-order valence-corrected chi connectivity index (χ3v) is 2.15. The molecule has 2 N–H and O–H groups in total. The normalized spacial score (nSPS) is 18.4. The Labute approximate surface area is 91.3 Å². The van der Waals surface area contributed by atoms with Gasteiger partial charge in [0.05, 0.1) is 0 Å². The number of ketones is 1. The summed E-state index contributed by atoms with van der Waals surface area (Å²) in [6.07, 6.45) is 1.37. The van der Waals surface area contributed by atoms with Gasteiger partial charge in [-0.3, -0.25) is 4.79 Å². The van der Waals surface area contributed by atoms with Crippen LogP contribution in [0.3, 0.4) is 0 Å². The lowest BCUT2D eigenvalue weighted by atomic mass is 10.2. The van der Waals surface area contributed by atoms with Crippen molar-refractivity contribution in [2.24, 2.45) is 0 Å². The first kappa shape index (κ1) is 10.5. The fourth-order valence-electron chi connectivity index (χ4n) is 1.32. The van der Waals surface area contributed by atoms with Crippen molar-refractivity contribution in [3.8, 4) is 0 Å². The first-order valence-electron chi connectivity index (χ1n) is 4.65. The van der Waals surface area contributed by atoms with E-state index in [1.807, 2.05) is 0 Å². The zero-order valence-electron chi connectivity index (χ0n) is 8.56. The Morgan fingerprint density at radius 3 is 2.69 bits per heavy atom. The molecule has 1 aromatic rings. The molecule has 0 fully saturated rings. The van der Waals surface area contributed by atoms with Crippen molar-refractivity contribution in [1.29, 1.82) is 0 Å². The fraction of sp³-hybridized carbons (Fsp3) is 0.182. The molecule has 1 aromatic heterocycles. The van der Waals surface area contributed by atoms with E-state index in [0.717, 1.165) is 0 Å². The first-order chi connectivity index (χ1) is 7.61. The van der Waals surface area contributed by atoms with Crippen LogP contribution in [-0.4, -0.2) is 16.0 Å². The summed E-state index contributed by atoms with van der Waals surface area (Å²) >= 11 is 0. The standard InChI is InChI=1S/C11H10O5/c1-6-10(13)11(14)9(15-6)4-7-2-3-8(5-12)16-7/h2-4,12-13H,5H2,1H3. The molecule has 1 aliphatic rings. The average Bonchev–Trinajstić information content (AvgIpc) is 2.81. The van der Waals surface area contributed by atoms with Crippen LogP contribution in [0.5, 0.6) is 0 Å². The third kappa shape index (κ3) is 1.72. The number of furan rings is 1. The maximum absolute atomic E-state index is 11.4. The van der Waals surface area contributed by atoms with Crippen molar-refractivity contribution in [3.05, 3.63) is 40.9 Å². The van der Waals surface area contributed by atoms with E-state index in [1.54, 1.807) is 12.1 Å². The molecular weight excluding hydrogens is 212 g/mol. The minimum Gasteiger partial charge on any atom is -0.502 e. The van der Waals surface area contributed by atoms with Crippen LogP contribution in [0, 0.1) is 0 Å². The van der Waals surface area contributed by atoms with Gasteiger partial charge >= 0.3 is 0 Å². The smallest absolute Gasteiger partial charge is 0.266 e. The Morgan fingerprint density at radius 2 is 2.19 bits per heavy atom. The van der Waals surface area contributed by atoms with Crippen LogP contribution in [0.4, 0.5) is 0 Å². The number of carbonyl (C=O) groups excluding carboxylic acids is 1. The van der Waals surface area contributed by atoms with Gasteiger partial charge in [-0.15, -0.1) is 0 Å². The van der Waals surface area contributed by atoms with E-state index in [9.17, 15) is 9.90 Å². The van der Waals surface area contributed by atoms with Crippen molar-refractivity contribution < 1.29 is 24.2 Å². The van der Waals surface area contributed by atoms with E-state index in [4.69, 9.17) is 14.3 Å². The van der Waals surface area contributed by atoms with E-state index in [-0.39, 0.29) is 23.9 Å². The Bertz CT molecular complexity index is 492. The molecule has 0 spiro atoms. The predicted molar refractivity (Wildman–Crippen MR) is 54.0 cm³/mol. The molecule has 5 nitrogen and oxygen atoms in total. The summed E-state index contributed by atoms with van der Waals surface area (Å²) in [5.74, 6) is -0.000220. The molecule has 1 aliphatic heterocycles. The van der Waals surface area contributed by atoms with Crippen LogP contribution in [0.25, 0.3) is 6.08 Å². The lowest BCUT2D eigenvalue weighted by molar-refractivity contribution is -0.115. The van der Waals surface area contributed by atoms with Gasteiger partial charge in [0.25, 0.3) is 5.78 Å². The van der Waals surface area contributed by atoms with Gasteiger partial charge in [-0.25, -0.2) is 0 Å². The number of carbonyl (C=O) groups is 1. The molecule has 84 valence electrons. The molecule has 2 heterocycles. The van der Waals surface area contributed by atoms with Crippen LogP contribution in [-0.2, 0) is 16.1 Å². The van der Waals surface area contributed by atoms with Gasteiger partial charge in [-0.1, -0.05) is 0 Å². The van der Waals surface area contributed by atoms with Gasteiger partial charge in [0, 0.05) is 6.08 Å². The molecular formula is C11H10O5. The summed E-state index contributed by atoms with van der Waals surface area (Å²) in [6, 6.07) is 3.19. The van der Waals surface area contributed by atoms with Crippen LogP contribution in [0.1, 0.15) is 18.4 Å². The lowest BCUT2D eigenvalue weighted by Gasteiger charge is -1.95. The molecule has 0 atom stereocenters. The van der Waals surface area contributed by atoms with Crippen molar-refractivity contribution >= 4 is 11.9 Å². The Morgan fingerprint density at radius 1 is 1.44 bits per heavy atom.